The Labute approximate surface area is 114 Å². The van der Waals surface area contributed by atoms with Crippen LogP contribution >= 0.6 is 0 Å². The molecule has 0 aliphatic rings. The van der Waals surface area contributed by atoms with Gasteiger partial charge in [-0.1, -0.05) is 25.0 Å². The number of para-hydroxylation sites is 2. The maximum absolute atomic E-state index is 10.7. The normalized spacial score (nSPS) is 9.68. The Bertz CT molecular complexity index is 451. The van der Waals surface area contributed by atoms with E-state index in [-0.39, 0.29) is 6.42 Å². The van der Waals surface area contributed by atoms with Gasteiger partial charge in [0.15, 0.2) is 0 Å². The maximum Gasteiger partial charge on any atom is 0.305 e. The molecule has 1 aromatic rings. The van der Waals surface area contributed by atoms with Gasteiger partial charge in [-0.15, -0.1) is 6.42 Å². The van der Waals surface area contributed by atoms with E-state index < -0.39 is 5.97 Å². The second-order valence-electron chi connectivity index (χ2n) is 4.09. The van der Waals surface area contributed by atoms with Crippen molar-refractivity contribution >= 4 is 11.7 Å². The summed E-state index contributed by atoms with van der Waals surface area (Å²) in [6.07, 6.45) is 6.30. The highest BCUT2D eigenvalue weighted by molar-refractivity contribution is 5.68. The molecule has 19 heavy (non-hydrogen) atoms. The molecule has 0 atom stereocenters. The van der Waals surface area contributed by atoms with E-state index in [0.29, 0.717) is 19.7 Å². The van der Waals surface area contributed by atoms with Crippen molar-refractivity contribution in [3.05, 3.63) is 24.3 Å². The lowest BCUT2D eigenvalue weighted by Gasteiger charge is -2.24. The molecule has 0 bridgehead atoms. The number of hydrogen-bond donors (Lipinski definition) is 1. The fourth-order valence-electron chi connectivity index (χ4n) is 1.68. The van der Waals surface area contributed by atoms with Gasteiger partial charge in [-0.25, -0.2) is 0 Å². The zero-order chi connectivity index (χ0) is 14.1. The van der Waals surface area contributed by atoms with Crippen molar-refractivity contribution < 1.29 is 14.6 Å². The standard InChI is InChI=1S/C15H19NO3/c1-3-10-16(11-9-15(17)18)13-7-5-6-8-14(13)19-12-4-2/h1,5-8H,4,9-12H2,2H3,(H,17,18). The topological polar surface area (TPSA) is 49.8 Å². The Morgan fingerprint density at radius 3 is 2.84 bits per heavy atom. The number of hydrogen-bond acceptors (Lipinski definition) is 3. The number of rotatable bonds is 8. The smallest absolute Gasteiger partial charge is 0.305 e. The molecule has 0 spiro atoms. The lowest BCUT2D eigenvalue weighted by Crippen LogP contribution is -2.27. The largest absolute Gasteiger partial charge is 0.491 e. The maximum atomic E-state index is 10.7. The van der Waals surface area contributed by atoms with E-state index in [1.165, 1.54) is 0 Å². The molecule has 0 heterocycles. The minimum atomic E-state index is -0.839. The van der Waals surface area contributed by atoms with Gasteiger partial charge in [-0.05, 0) is 18.6 Å². The molecule has 102 valence electrons. The van der Waals surface area contributed by atoms with Crippen molar-refractivity contribution in [2.24, 2.45) is 0 Å². The molecule has 0 unspecified atom stereocenters. The van der Waals surface area contributed by atoms with Crippen LogP contribution in [0, 0.1) is 12.3 Å². The van der Waals surface area contributed by atoms with Crippen LogP contribution in [-0.2, 0) is 4.79 Å². The second kappa shape index (κ2) is 8.04. The monoisotopic (exact) mass is 261 g/mol. The highest BCUT2D eigenvalue weighted by Gasteiger charge is 2.12. The van der Waals surface area contributed by atoms with E-state index in [2.05, 4.69) is 5.92 Å². The second-order valence-corrected chi connectivity index (χ2v) is 4.09. The van der Waals surface area contributed by atoms with Crippen molar-refractivity contribution in [2.75, 3.05) is 24.6 Å². The van der Waals surface area contributed by atoms with E-state index in [0.717, 1.165) is 17.9 Å². The van der Waals surface area contributed by atoms with Crippen molar-refractivity contribution in [1.29, 1.82) is 0 Å². The summed E-state index contributed by atoms with van der Waals surface area (Å²) < 4.78 is 5.66. The number of benzene rings is 1. The quantitative estimate of drug-likeness (QED) is 0.730. The lowest BCUT2D eigenvalue weighted by atomic mass is 10.2. The molecule has 1 rings (SSSR count). The van der Waals surface area contributed by atoms with Gasteiger partial charge in [0.05, 0.1) is 25.3 Å². The van der Waals surface area contributed by atoms with Crippen LogP contribution in [0.5, 0.6) is 5.75 Å². The summed E-state index contributed by atoms with van der Waals surface area (Å²) in [5.74, 6) is 2.45. The number of terminal acetylenes is 1. The molecule has 1 N–H and O–H groups in total. The number of ether oxygens (including phenoxy) is 1. The Hall–Kier alpha value is -2.15. The van der Waals surface area contributed by atoms with Crippen molar-refractivity contribution in [3.63, 3.8) is 0 Å². The van der Waals surface area contributed by atoms with Crippen molar-refractivity contribution in [3.8, 4) is 18.1 Å². The fraction of sp³-hybridized carbons (Fsp3) is 0.400. The van der Waals surface area contributed by atoms with Gasteiger partial charge in [0.1, 0.15) is 5.75 Å². The van der Waals surface area contributed by atoms with Crippen LogP contribution in [0.25, 0.3) is 0 Å². The van der Waals surface area contributed by atoms with Crippen LogP contribution < -0.4 is 9.64 Å². The number of nitrogens with zero attached hydrogens (tertiary/aromatic N) is 1. The summed E-state index contributed by atoms with van der Waals surface area (Å²) >= 11 is 0. The Kier molecular flexibility index (Phi) is 6.31. The van der Waals surface area contributed by atoms with Crippen molar-refractivity contribution in [2.45, 2.75) is 19.8 Å². The van der Waals surface area contributed by atoms with Gasteiger partial charge in [0.25, 0.3) is 0 Å². The van der Waals surface area contributed by atoms with Gasteiger partial charge in [-0.3, -0.25) is 4.79 Å². The van der Waals surface area contributed by atoms with Gasteiger partial charge < -0.3 is 14.7 Å². The zero-order valence-electron chi connectivity index (χ0n) is 11.1. The summed E-state index contributed by atoms with van der Waals surface area (Å²) in [6.45, 7) is 3.39. The third-order valence-electron chi connectivity index (χ3n) is 2.55. The Balaban J connectivity index is 2.87. The van der Waals surface area contributed by atoms with Gasteiger partial charge >= 0.3 is 5.97 Å². The average molecular weight is 261 g/mol. The van der Waals surface area contributed by atoms with Crippen LogP contribution in [0.1, 0.15) is 19.8 Å². The fourth-order valence-corrected chi connectivity index (χ4v) is 1.68. The predicted molar refractivity (Wildman–Crippen MR) is 75.5 cm³/mol. The van der Waals surface area contributed by atoms with Crippen LogP contribution in [0.4, 0.5) is 5.69 Å². The first-order valence-electron chi connectivity index (χ1n) is 6.31. The van der Waals surface area contributed by atoms with Gasteiger partial charge in [0, 0.05) is 6.54 Å². The molecule has 0 aromatic heterocycles. The SMILES string of the molecule is C#CCN(CCC(=O)O)c1ccccc1OCCC. The molecule has 4 heteroatoms. The van der Waals surface area contributed by atoms with E-state index in [4.69, 9.17) is 16.3 Å². The zero-order valence-corrected chi connectivity index (χ0v) is 11.1. The Morgan fingerprint density at radius 2 is 2.21 bits per heavy atom. The number of aliphatic carboxylic acids is 1. The average Bonchev–Trinajstić information content (AvgIpc) is 2.41. The molecule has 0 amide bonds. The molecule has 1 aromatic carbocycles. The summed E-state index contributed by atoms with van der Waals surface area (Å²) in [4.78, 5) is 12.5. The summed E-state index contributed by atoms with van der Waals surface area (Å²) in [5.41, 5.74) is 0.843. The van der Waals surface area contributed by atoms with Crippen LogP contribution in [-0.4, -0.2) is 30.8 Å². The Morgan fingerprint density at radius 1 is 1.47 bits per heavy atom. The molecule has 0 aliphatic heterocycles. The number of carbonyl (C=O) groups is 1. The van der Waals surface area contributed by atoms with Crippen molar-refractivity contribution in [1.82, 2.24) is 0 Å². The van der Waals surface area contributed by atoms with E-state index in [1.807, 2.05) is 36.1 Å². The minimum Gasteiger partial charge on any atom is -0.491 e. The minimum absolute atomic E-state index is 0.0454. The predicted octanol–water partition coefficient (Wildman–Crippen LogP) is 2.39. The first kappa shape index (κ1) is 14.9. The first-order valence-corrected chi connectivity index (χ1v) is 6.31. The molecule has 0 saturated heterocycles. The highest BCUT2D eigenvalue weighted by atomic mass is 16.5. The number of anilines is 1. The number of carboxylic acids is 1. The molecule has 0 radical (unpaired) electrons. The molecule has 0 aliphatic carbocycles. The molecule has 4 nitrogen and oxygen atoms in total. The van der Waals surface area contributed by atoms with Crippen LogP contribution in [0.3, 0.4) is 0 Å². The number of carboxylic acid groups (broad SMARTS) is 1. The molecule has 0 fully saturated rings. The van der Waals surface area contributed by atoms with Gasteiger partial charge in [-0.2, -0.15) is 0 Å². The third-order valence-corrected chi connectivity index (χ3v) is 2.55. The third kappa shape index (κ3) is 4.92. The van der Waals surface area contributed by atoms with E-state index in [9.17, 15) is 4.79 Å². The molecular weight excluding hydrogens is 242 g/mol. The summed E-state index contributed by atoms with van der Waals surface area (Å²) in [7, 11) is 0. The summed E-state index contributed by atoms with van der Waals surface area (Å²) in [5, 5.41) is 8.78. The highest BCUT2D eigenvalue weighted by Crippen LogP contribution is 2.28. The van der Waals surface area contributed by atoms with E-state index >= 15 is 0 Å². The van der Waals surface area contributed by atoms with Gasteiger partial charge in [0.2, 0.25) is 0 Å². The van der Waals surface area contributed by atoms with Crippen LogP contribution in [0.15, 0.2) is 24.3 Å². The molecular formula is C15H19NO3. The van der Waals surface area contributed by atoms with Crippen LogP contribution in [0.2, 0.25) is 0 Å². The molecule has 0 saturated carbocycles. The first-order chi connectivity index (χ1) is 9.19. The summed E-state index contributed by atoms with van der Waals surface area (Å²) in [6, 6.07) is 7.54. The van der Waals surface area contributed by atoms with E-state index in [1.54, 1.807) is 0 Å². The lowest BCUT2D eigenvalue weighted by molar-refractivity contribution is -0.136.